The zero-order valence-electron chi connectivity index (χ0n) is 6.17. The number of nitrogen functional groups attached to an aromatic ring is 1. The summed E-state index contributed by atoms with van der Waals surface area (Å²) in [6.07, 6.45) is 0.978. The zero-order chi connectivity index (χ0) is 10.2. The van der Waals surface area contributed by atoms with Gasteiger partial charge in [-0.2, -0.15) is 0 Å². The largest absolute Gasteiger partial charge is 0.397 e. The van der Waals surface area contributed by atoms with Gasteiger partial charge in [-0.25, -0.2) is 0 Å². The van der Waals surface area contributed by atoms with E-state index in [-0.39, 0.29) is 31.3 Å². The Morgan fingerprint density at radius 1 is 0.923 bits per heavy atom. The lowest BCUT2D eigenvalue weighted by molar-refractivity contribution is 1.53. The van der Waals surface area contributed by atoms with E-state index in [0.29, 0.717) is 0 Å². The van der Waals surface area contributed by atoms with Crippen LogP contribution in [0.2, 0.25) is 20.1 Å². The molecule has 6 heteroatoms. The number of benzene rings is 1. The molecule has 0 fully saturated rings. The van der Waals surface area contributed by atoms with Crippen LogP contribution in [0.5, 0.6) is 0 Å². The Morgan fingerprint density at radius 2 is 1.38 bits per heavy atom. The lowest BCUT2D eigenvalue weighted by Crippen LogP contribution is -1.96. The first kappa shape index (κ1) is 10.9. The number of hydrogen-bond acceptors (Lipinski definition) is 2. The Morgan fingerprint density at radius 3 is 1.85 bits per heavy atom. The first-order valence-corrected chi connectivity index (χ1v) is 4.63. The molecule has 0 saturated carbocycles. The van der Waals surface area contributed by atoms with Crippen LogP contribution in [0.4, 0.5) is 5.69 Å². The summed E-state index contributed by atoms with van der Waals surface area (Å²) < 4.78 is 0. The third-order valence-electron chi connectivity index (χ3n) is 1.49. The normalized spacial score (nSPS) is 10.2. The van der Waals surface area contributed by atoms with E-state index in [9.17, 15) is 0 Å². The van der Waals surface area contributed by atoms with Crippen molar-refractivity contribution < 1.29 is 0 Å². The summed E-state index contributed by atoms with van der Waals surface area (Å²) in [7, 11) is 0. The molecule has 0 bridgehead atoms. The van der Waals surface area contributed by atoms with Crippen molar-refractivity contribution in [2.24, 2.45) is 0 Å². The second-order valence-corrected chi connectivity index (χ2v) is 3.74. The Bertz CT molecular complexity index is 346. The first-order valence-electron chi connectivity index (χ1n) is 3.12. The summed E-state index contributed by atoms with van der Waals surface area (Å²) in [6.45, 7) is 0. The molecule has 0 radical (unpaired) electrons. The van der Waals surface area contributed by atoms with Gasteiger partial charge in [-0.1, -0.05) is 46.4 Å². The fourth-order valence-corrected chi connectivity index (χ4v) is 1.74. The Balaban J connectivity index is 3.66. The summed E-state index contributed by atoms with van der Waals surface area (Å²) in [5, 5.41) is 7.52. The summed E-state index contributed by atoms with van der Waals surface area (Å²) in [5.41, 5.74) is 5.99. The van der Waals surface area contributed by atoms with Gasteiger partial charge in [-0.15, -0.1) is 0 Å². The van der Waals surface area contributed by atoms with Crippen molar-refractivity contribution in [2.75, 3.05) is 5.73 Å². The smallest absolute Gasteiger partial charge is 0.0844 e. The van der Waals surface area contributed by atoms with Crippen molar-refractivity contribution in [3.63, 3.8) is 0 Å². The van der Waals surface area contributed by atoms with Crippen LogP contribution in [-0.2, 0) is 0 Å². The number of rotatable bonds is 1. The van der Waals surface area contributed by atoms with Gasteiger partial charge in [0.05, 0.1) is 25.8 Å². The van der Waals surface area contributed by atoms with Crippen molar-refractivity contribution in [3.05, 3.63) is 25.7 Å². The Kier molecular flexibility index (Phi) is 3.30. The molecule has 0 spiro atoms. The van der Waals surface area contributed by atoms with Crippen LogP contribution in [0.1, 0.15) is 5.56 Å². The Hall–Kier alpha value is -0.150. The molecule has 0 aliphatic heterocycles. The quantitative estimate of drug-likeness (QED) is 0.341. The van der Waals surface area contributed by atoms with Crippen molar-refractivity contribution in [1.29, 1.82) is 5.41 Å². The van der Waals surface area contributed by atoms with Gasteiger partial charge in [0.1, 0.15) is 0 Å². The van der Waals surface area contributed by atoms with Gasteiger partial charge in [-0.3, -0.25) is 0 Å². The minimum absolute atomic E-state index is 0.108. The number of halogens is 4. The van der Waals surface area contributed by atoms with Gasteiger partial charge in [0, 0.05) is 11.8 Å². The monoisotopic (exact) mass is 256 g/mol. The average molecular weight is 258 g/mol. The van der Waals surface area contributed by atoms with Crippen LogP contribution in [0.25, 0.3) is 0 Å². The first-order chi connectivity index (χ1) is 6.00. The van der Waals surface area contributed by atoms with Crippen LogP contribution in [0, 0.1) is 5.41 Å². The topological polar surface area (TPSA) is 49.9 Å². The highest BCUT2D eigenvalue weighted by atomic mass is 35.5. The predicted molar refractivity (Wildman–Crippen MR) is 58.8 cm³/mol. The molecule has 0 heterocycles. The SMILES string of the molecule is N=Cc1c(N)c(Cl)c(Cl)c(Cl)c1Cl. The molecular weight excluding hydrogens is 254 g/mol. The summed E-state index contributed by atoms with van der Waals surface area (Å²) >= 11 is 23.0. The number of anilines is 1. The zero-order valence-corrected chi connectivity index (χ0v) is 9.19. The Labute approximate surface area is 95.0 Å². The summed E-state index contributed by atoms with van der Waals surface area (Å²) in [6, 6.07) is 0. The van der Waals surface area contributed by atoms with Crippen LogP contribution >= 0.6 is 46.4 Å². The van der Waals surface area contributed by atoms with E-state index in [1.165, 1.54) is 0 Å². The van der Waals surface area contributed by atoms with Crippen LogP contribution in [-0.4, -0.2) is 6.21 Å². The van der Waals surface area contributed by atoms with Gasteiger partial charge >= 0.3 is 0 Å². The number of hydrogen-bond donors (Lipinski definition) is 2. The summed E-state index contributed by atoms with van der Waals surface area (Å²) in [5.74, 6) is 0. The van der Waals surface area contributed by atoms with E-state index in [0.717, 1.165) is 6.21 Å². The summed E-state index contributed by atoms with van der Waals surface area (Å²) in [4.78, 5) is 0. The minimum Gasteiger partial charge on any atom is -0.397 e. The molecule has 0 atom stereocenters. The molecule has 0 aliphatic carbocycles. The third kappa shape index (κ3) is 1.72. The van der Waals surface area contributed by atoms with E-state index in [4.69, 9.17) is 57.5 Å². The molecule has 0 saturated heterocycles. The van der Waals surface area contributed by atoms with Crippen LogP contribution in [0.3, 0.4) is 0 Å². The molecule has 3 N–H and O–H groups in total. The molecule has 0 amide bonds. The number of nitrogens with two attached hydrogens (primary N) is 1. The molecule has 13 heavy (non-hydrogen) atoms. The minimum atomic E-state index is 0.108. The third-order valence-corrected chi connectivity index (χ3v) is 3.32. The molecule has 1 rings (SSSR count). The maximum Gasteiger partial charge on any atom is 0.0844 e. The van der Waals surface area contributed by atoms with Crippen molar-refractivity contribution in [2.45, 2.75) is 0 Å². The van der Waals surface area contributed by atoms with Gasteiger partial charge in [0.2, 0.25) is 0 Å². The average Bonchev–Trinajstić information content (AvgIpc) is 2.13. The van der Waals surface area contributed by atoms with Crippen LogP contribution in [0.15, 0.2) is 0 Å². The fraction of sp³-hybridized carbons (Fsp3) is 0. The molecule has 2 nitrogen and oxygen atoms in total. The second-order valence-electron chi connectivity index (χ2n) is 2.23. The lowest BCUT2D eigenvalue weighted by Gasteiger charge is -2.09. The molecule has 70 valence electrons. The van der Waals surface area contributed by atoms with Gasteiger partial charge in [0.15, 0.2) is 0 Å². The fourth-order valence-electron chi connectivity index (χ4n) is 0.807. The van der Waals surface area contributed by atoms with E-state index >= 15 is 0 Å². The molecule has 1 aromatic carbocycles. The molecule has 1 aromatic rings. The second kappa shape index (κ2) is 3.93. The highest BCUT2D eigenvalue weighted by Crippen LogP contribution is 2.42. The molecular formula is C7H4Cl4N2. The highest BCUT2D eigenvalue weighted by Gasteiger charge is 2.16. The standard InChI is InChI=1S/C7H4Cl4N2/c8-3-2(1-12)7(13)6(11)5(10)4(3)9/h1,12H,13H2. The maximum atomic E-state index is 7.04. The maximum absolute atomic E-state index is 7.04. The van der Waals surface area contributed by atoms with Gasteiger partial charge < -0.3 is 11.1 Å². The van der Waals surface area contributed by atoms with Crippen molar-refractivity contribution in [3.8, 4) is 0 Å². The van der Waals surface area contributed by atoms with E-state index < -0.39 is 0 Å². The lowest BCUT2D eigenvalue weighted by atomic mass is 10.2. The molecule has 0 unspecified atom stereocenters. The van der Waals surface area contributed by atoms with Gasteiger partial charge in [0.25, 0.3) is 0 Å². The van der Waals surface area contributed by atoms with Gasteiger partial charge in [-0.05, 0) is 0 Å². The molecule has 0 aromatic heterocycles. The van der Waals surface area contributed by atoms with Crippen LogP contribution < -0.4 is 5.73 Å². The number of nitrogens with one attached hydrogen (secondary N) is 1. The van der Waals surface area contributed by atoms with E-state index in [1.54, 1.807) is 0 Å². The predicted octanol–water partition coefficient (Wildman–Crippen LogP) is 3.88. The van der Waals surface area contributed by atoms with E-state index in [2.05, 4.69) is 0 Å². The highest BCUT2D eigenvalue weighted by molar-refractivity contribution is 6.53. The van der Waals surface area contributed by atoms with Crippen molar-refractivity contribution in [1.82, 2.24) is 0 Å². The van der Waals surface area contributed by atoms with Crippen molar-refractivity contribution >= 4 is 58.3 Å². The molecule has 0 aliphatic rings. The van der Waals surface area contributed by atoms with E-state index in [1.807, 2.05) is 0 Å².